The summed E-state index contributed by atoms with van der Waals surface area (Å²) in [5, 5.41) is 9.91. The summed E-state index contributed by atoms with van der Waals surface area (Å²) in [5.41, 5.74) is 7.23. The molecule has 4 heteroatoms. The molecule has 3 N–H and O–H groups in total. The van der Waals surface area contributed by atoms with Crippen LogP contribution in [0, 0.1) is 18.7 Å². The molecule has 0 heterocycles. The van der Waals surface area contributed by atoms with Crippen molar-refractivity contribution in [2.45, 2.75) is 38.6 Å². The summed E-state index contributed by atoms with van der Waals surface area (Å²) < 4.78 is 13.3. The van der Waals surface area contributed by atoms with Crippen LogP contribution in [0.1, 0.15) is 42.9 Å². The second kappa shape index (κ2) is 5.69. The largest absolute Gasteiger partial charge is 0.507 e. The fourth-order valence-electron chi connectivity index (χ4n) is 2.59. The standard InChI is InChI=1S/C13H18FNO.ClH/c1-8-6-10(14)7-11(13(8)16)12(15)9-4-2-3-5-9;/h6-7,9,12,16H,2-5,15H2,1H3;1H/t12-;/m1./s1. The van der Waals surface area contributed by atoms with Crippen LogP contribution in [-0.4, -0.2) is 5.11 Å². The van der Waals surface area contributed by atoms with Crippen molar-refractivity contribution in [2.75, 3.05) is 0 Å². The molecule has 17 heavy (non-hydrogen) atoms. The first-order chi connectivity index (χ1) is 7.59. The molecule has 1 fully saturated rings. The number of hydrogen-bond acceptors (Lipinski definition) is 2. The van der Waals surface area contributed by atoms with Crippen LogP contribution in [0.4, 0.5) is 4.39 Å². The monoisotopic (exact) mass is 259 g/mol. The molecule has 1 atom stereocenters. The first kappa shape index (κ1) is 14.3. The number of hydrogen-bond donors (Lipinski definition) is 2. The quantitative estimate of drug-likeness (QED) is 0.855. The highest BCUT2D eigenvalue weighted by Crippen LogP contribution is 2.38. The number of aromatic hydroxyl groups is 1. The van der Waals surface area contributed by atoms with Gasteiger partial charge < -0.3 is 10.8 Å². The Morgan fingerprint density at radius 2 is 1.94 bits per heavy atom. The average molecular weight is 260 g/mol. The first-order valence-electron chi connectivity index (χ1n) is 5.84. The summed E-state index contributed by atoms with van der Waals surface area (Å²) in [6.45, 7) is 1.70. The Bertz CT molecular complexity index is 391. The smallest absolute Gasteiger partial charge is 0.124 e. The molecule has 0 saturated heterocycles. The maximum atomic E-state index is 13.3. The minimum Gasteiger partial charge on any atom is -0.507 e. The van der Waals surface area contributed by atoms with E-state index in [0.29, 0.717) is 17.0 Å². The van der Waals surface area contributed by atoms with E-state index in [1.54, 1.807) is 6.92 Å². The molecule has 1 saturated carbocycles. The van der Waals surface area contributed by atoms with Gasteiger partial charge in [0.15, 0.2) is 0 Å². The van der Waals surface area contributed by atoms with E-state index in [1.807, 2.05) is 0 Å². The zero-order valence-electron chi connectivity index (χ0n) is 9.95. The van der Waals surface area contributed by atoms with Crippen LogP contribution in [0.2, 0.25) is 0 Å². The fraction of sp³-hybridized carbons (Fsp3) is 0.538. The van der Waals surface area contributed by atoms with E-state index < -0.39 is 0 Å². The second-order valence-corrected chi connectivity index (χ2v) is 4.73. The van der Waals surface area contributed by atoms with Crippen LogP contribution >= 0.6 is 12.4 Å². The predicted molar refractivity (Wildman–Crippen MR) is 68.9 cm³/mol. The van der Waals surface area contributed by atoms with Crippen LogP contribution in [0.3, 0.4) is 0 Å². The molecule has 1 aliphatic carbocycles. The predicted octanol–water partition coefficient (Wildman–Crippen LogP) is 3.45. The molecule has 1 aromatic carbocycles. The van der Waals surface area contributed by atoms with E-state index in [9.17, 15) is 9.50 Å². The number of nitrogens with two attached hydrogens (primary N) is 1. The Morgan fingerprint density at radius 3 is 2.53 bits per heavy atom. The van der Waals surface area contributed by atoms with Crippen molar-refractivity contribution in [1.82, 2.24) is 0 Å². The molecule has 96 valence electrons. The van der Waals surface area contributed by atoms with Gasteiger partial charge in [-0.3, -0.25) is 0 Å². The third-order valence-corrected chi connectivity index (χ3v) is 3.56. The normalized spacial score (nSPS) is 17.8. The van der Waals surface area contributed by atoms with Gasteiger partial charge in [0.2, 0.25) is 0 Å². The first-order valence-corrected chi connectivity index (χ1v) is 5.84. The summed E-state index contributed by atoms with van der Waals surface area (Å²) in [4.78, 5) is 0. The highest BCUT2D eigenvalue weighted by molar-refractivity contribution is 5.85. The SMILES string of the molecule is Cc1cc(F)cc([C@H](N)C2CCCC2)c1O.Cl. The highest BCUT2D eigenvalue weighted by atomic mass is 35.5. The Balaban J connectivity index is 0.00000144. The number of halogens is 2. The molecule has 1 aliphatic rings. The zero-order chi connectivity index (χ0) is 11.7. The number of phenolic OH excluding ortho intramolecular Hbond substituents is 1. The Hall–Kier alpha value is -0.800. The van der Waals surface area contributed by atoms with Crippen molar-refractivity contribution in [1.29, 1.82) is 0 Å². The molecule has 2 nitrogen and oxygen atoms in total. The summed E-state index contributed by atoms with van der Waals surface area (Å²) in [6, 6.07) is 2.46. The Morgan fingerprint density at radius 1 is 1.35 bits per heavy atom. The maximum absolute atomic E-state index is 13.3. The molecule has 0 aliphatic heterocycles. The average Bonchev–Trinajstić information content (AvgIpc) is 2.75. The van der Waals surface area contributed by atoms with Crippen LogP contribution in [0.25, 0.3) is 0 Å². The number of aryl methyl sites for hydroxylation is 1. The maximum Gasteiger partial charge on any atom is 0.124 e. The van der Waals surface area contributed by atoms with Gasteiger partial charge in [-0.05, 0) is 43.4 Å². The van der Waals surface area contributed by atoms with Gasteiger partial charge in [0.05, 0.1) is 0 Å². The van der Waals surface area contributed by atoms with E-state index in [-0.39, 0.29) is 30.0 Å². The molecule has 0 aromatic heterocycles. The van der Waals surface area contributed by atoms with Gasteiger partial charge in [-0.1, -0.05) is 12.8 Å². The molecule has 0 radical (unpaired) electrons. The van der Waals surface area contributed by atoms with Gasteiger partial charge in [-0.15, -0.1) is 12.4 Å². The lowest BCUT2D eigenvalue weighted by atomic mass is 9.91. The molecule has 0 unspecified atom stereocenters. The van der Waals surface area contributed by atoms with Crippen LogP contribution in [0.5, 0.6) is 5.75 Å². The van der Waals surface area contributed by atoms with Gasteiger partial charge in [-0.2, -0.15) is 0 Å². The van der Waals surface area contributed by atoms with Crippen molar-refractivity contribution < 1.29 is 9.50 Å². The van der Waals surface area contributed by atoms with Gasteiger partial charge in [0.25, 0.3) is 0 Å². The van der Waals surface area contributed by atoms with E-state index in [4.69, 9.17) is 5.73 Å². The van der Waals surface area contributed by atoms with Crippen LogP contribution in [0.15, 0.2) is 12.1 Å². The zero-order valence-corrected chi connectivity index (χ0v) is 10.8. The van der Waals surface area contributed by atoms with Crippen molar-refractivity contribution in [2.24, 2.45) is 11.7 Å². The van der Waals surface area contributed by atoms with E-state index >= 15 is 0 Å². The molecule has 0 amide bonds. The van der Waals surface area contributed by atoms with E-state index in [0.717, 1.165) is 12.8 Å². The number of phenols is 1. The molecule has 2 rings (SSSR count). The van der Waals surface area contributed by atoms with Crippen molar-refractivity contribution in [3.05, 3.63) is 29.1 Å². The summed E-state index contributed by atoms with van der Waals surface area (Å²) in [7, 11) is 0. The molecule has 0 spiro atoms. The fourth-order valence-corrected chi connectivity index (χ4v) is 2.59. The van der Waals surface area contributed by atoms with Crippen molar-refractivity contribution >= 4 is 12.4 Å². The van der Waals surface area contributed by atoms with Gasteiger partial charge >= 0.3 is 0 Å². The summed E-state index contributed by atoms with van der Waals surface area (Å²) >= 11 is 0. The lowest BCUT2D eigenvalue weighted by molar-refractivity contribution is 0.407. The van der Waals surface area contributed by atoms with Crippen molar-refractivity contribution in [3.8, 4) is 5.75 Å². The van der Waals surface area contributed by atoms with E-state index in [1.165, 1.54) is 25.0 Å². The highest BCUT2D eigenvalue weighted by Gasteiger charge is 2.26. The summed E-state index contributed by atoms with van der Waals surface area (Å²) in [5.74, 6) is 0.214. The molecular weight excluding hydrogens is 241 g/mol. The summed E-state index contributed by atoms with van der Waals surface area (Å²) in [6.07, 6.45) is 4.53. The Labute approximate surface area is 107 Å². The van der Waals surface area contributed by atoms with Gasteiger partial charge in [-0.25, -0.2) is 4.39 Å². The molecule has 0 bridgehead atoms. The van der Waals surface area contributed by atoms with E-state index in [2.05, 4.69) is 0 Å². The molecule has 1 aromatic rings. The minimum atomic E-state index is -0.321. The van der Waals surface area contributed by atoms with Gasteiger partial charge in [0, 0.05) is 11.6 Å². The van der Waals surface area contributed by atoms with Crippen LogP contribution < -0.4 is 5.73 Å². The lowest BCUT2D eigenvalue weighted by Crippen LogP contribution is -2.19. The topological polar surface area (TPSA) is 46.2 Å². The van der Waals surface area contributed by atoms with Crippen LogP contribution in [-0.2, 0) is 0 Å². The number of benzene rings is 1. The lowest BCUT2D eigenvalue weighted by Gasteiger charge is -2.21. The number of rotatable bonds is 2. The Kier molecular flexibility index (Phi) is 4.78. The van der Waals surface area contributed by atoms with Crippen molar-refractivity contribution in [3.63, 3.8) is 0 Å². The third-order valence-electron chi connectivity index (χ3n) is 3.56. The minimum absolute atomic E-state index is 0. The van der Waals surface area contributed by atoms with Gasteiger partial charge in [0.1, 0.15) is 11.6 Å². The molecular formula is C13H19ClFNO. The second-order valence-electron chi connectivity index (χ2n) is 4.73. The third kappa shape index (κ3) is 2.90.